The third-order valence-corrected chi connectivity index (χ3v) is 4.39. The standard InChI is InChI=1S/C15H29NO/c1-3-5-14-6-4-7-15(12-16-17)11-9-13(2)8-10-14/h13-15H,3-12H2,1-2H3. The van der Waals surface area contributed by atoms with E-state index in [9.17, 15) is 4.91 Å². The molecule has 0 aromatic carbocycles. The second-order valence-corrected chi connectivity index (χ2v) is 6.02. The first-order valence-electron chi connectivity index (χ1n) is 7.55. The largest absolute Gasteiger partial charge is 0.151 e. The molecule has 1 saturated carbocycles. The highest BCUT2D eigenvalue weighted by atomic mass is 16.3. The number of rotatable bonds is 4. The van der Waals surface area contributed by atoms with Crippen LogP contribution in [0.3, 0.4) is 0 Å². The maximum atomic E-state index is 10.4. The predicted octanol–water partition coefficient (Wildman–Crippen LogP) is 5.17. The molecule has 1 rings (SSSR count). The van der Waals surface area contributed by atoms with Gasteiger partial charge in [0, 0.05) is 0 Å². The van der Waals surface area contributed by atoms with Crippen molar-refractivity contribution in [2.75, 3.05) is 6.54 Å². The van der Waals surface area contributed by atoms with Crippen LogP contribution in [0.1, 0.15) is 71.6 Å². The lowest BCUT2D eigenvalue weighted by molar-refractivity contribution is 0.294. The maximum absolute atomic E-state index is 10.4. The predicted molar refractivity (Wildman–Crippen MR) is 74.0 cm³/mol. The molecule has 3 unspecified atom stereocenters. The molecule has 2 heteroatoms. The second-order valence-electron chi connectivity index (χ2n) is 6.02. The fourth-order valence-corrected chi connectivity index (χ4v) is 3.15. The molecular weight excluding hydrogens is 210 g/mol. The van der Waals surface area contributed by atoms with Crippen molar-refractivity contribution in [2.24, 2.45) is 22.9 Å². The van der Waals surface area contributed by atoms with E-state index in [1.54, 1.807) is 0 Å². The van der Waals surface area contributed by atoms with Gasteiger partial charge in [0.15, 0.2) is 0 Å². The first-order valence-corrected chi connectivity index (χ1v) is 7.55. The summed E-state index contributed by atoms with van der Waals surface area (Å²) < 4.78 is 0. The van der Waals surface area contributed by atoms with E-state index in [0.29, 0.717) is 12.5 Å². The van der Waals surface area contributed by atoms with Crippen molar-refractivity contribution in [1.82, 2.24) is 0 Å². The Morgan fingerprint density at radius 2 is 1.65 bits per heavy atom. The van der Waals surface area contributed by atoms with Crippen LogP contribution in [0, 0.1) is 22.7 Å². The quantitative estimate of drug-likeness (QED) is 0.623. The molecule has 100 valence electrons. The Morgan fingerprint density at radius 3 is 2.29 bits per heavy atom. The van der Waals surface area contributed by atoms with Gasteiger partial charge in [0.2, 0.25) is 0 Å². The van der Waals surface area contributed by atoms with Crippen molar-refractivity contribution in [2.45, 2.75) is 71.6 Å². The molecule has 0 aliphatic heterocycles. The Labute approximate surface area is 107 Å². The van der Waals surface area contributed by atoms with Crippen LogP contribution in [-0.2, 0) is 0 Å². The smallest absolute Gasteiger partial charge is 0.0839 e. The van der Waals surface area contributed by atoms with Gasteiger partial charge < -0.3 is 0 Å². The lowest BCUT2D eigenvalue weighted by atomic mass is 9.83. The van der Waals surface area contributed by atoms with Crippen molar-refractivity contribution in [3.8, 4) is 0 Å². The summed E-state index contributed by atoms with van der Waals surface area (Å²) in [6, 6.07) is 0. The highest BCUT2D eigenvalue weighted by Gasteiger charge is 2.17. The first-order chi connectivity index (χ1) is 8.26. The van der Waals surface area contributed by atoms with Gasteiger partial charge >= 0.3 is 0 Å². The van der Waals surface area contributed by atoms with Crippen LogP contribution in [0.4, 0.5) is 0 Å². The lowest BCUT2D eigenvalue weighted by Crippen LogP contribution is -2.12. The first kappa shape index (κ1) is 14.7. The zero-order chi connectivity index (χ0) is 12.5. The van der Waals surface area contributed by atoms with Crippen molar-refractivity contribution in [1.29, 1.82) is 0 Å². The molecule has 1 fully saturated rings. The van der Waals surface area contributed by atoms with Crippen molar-refractivity contribution in [3.63, 3.8) is 0 Å². The van der Waals surface area contributed by atoms with Crippen LogP contribution in [0.5, 0.6) is 0 Å². The topological polar surface area (TPSA) is 29.4 Å². The summed E-state index contributed by atoms with van der Waals surface area (Å²) in [7, 11) is 0. The van der Waals surface area contributed by atoms with Gasteiger partial charge in [-0.3, -0.25) is 0 Å². The maximum Gasteiger partial charge on any atom is 0.0839 e. The lowest BCUT2D eigenvalue weighted by Gasteiger charge is -2.23. The molecule has 0 amide bonds. The van der Waals surface area contributed by atoms with Crippen molar-refractivity contribution >= 4 is 0 Å². The van der Waals surface area contributed by atoms with Gasteiger partial charge in [-0.15, -0.1) is 0 Å². The fraction of sp³-hybridized carbons (Fsp3) is 1.00. The molecule has 1 aliphatic carbocycles. The van der Waals surface area contributed by atoms with Gasteiger partial charge in [0.25, 0.3) is 0 Å². The van der Waals surface area contributed by atoms with E-state index in [0.717, 1.165) is 11.8 Å². The van der Waals surface area contributed by atoms with E-state index >= 15 is 0 Å². The third kappa shape index (κ3) is 6.18. The Morgan fingerprint density at radius 1 is 1.00 bits per heavy atom. The van der Waals surface area contributed by atoms with E-state index in [4.69, 9.17) is 0 Å². The monoisotopic (exact) mass is 239 g/mol. The molecule has 1 aliphatic rings. The third-order valence-electron chi connectivity index (χ3n) is 4.39. The molecule has 17 heavy (non-hydrogen) atoms. The van der Waals surface area contributed by atoms with E-state index in [1.807, 2.05) is 0 Å². The average Bonchev–Trinajstić information content (AvgIpc) is 2.32. The highest BCUT2D eigenvalue weighted by Crippen LogP contribution is 2.29. The minimum Gasteiger partial charge on any atom is -0.151 e. The average molecular weight is 239 g/mol. The summed E-state index contributed by atoms with van der Waals surface area (Å²) in [6.07, 6.45) is 11.9. The number of nitroso groups, excluding NO2 is 1. The summed E-state index contributed by atoms with van der Waals surface area (Å²) in [6.45, 7) is 5.21. The summed E-state index contributed by atoms with van der Waals surface area (Å²) >= 11 is 0. The van der Waals surface area contributed by atoms with Crippen LogP contribution in [-0.4, -0.2) is 6.54 Å². The number of nitrogens with zero attached hydrogens (tertiary/aromatic N) is 1. The molecule has 0 heterocycles. The van der Waals surface area contributed by atoms with Crippen LogP contribution in [0.2, 0.25) is 0 Å². The number of hydrogen-bond donors (Lipinski definition) is 0. The Bertz CT molecular complexity index is 205. The SMILES string of the molecule is CCCC1CCCC(CN=O)CCC(C)CC1. The van der Waals surface area contributed by atoms with Gasteiger partial charge in [-0.1, -0.05) is 64.0 Å². The van der Waals surface area contributed by atoms with Gasteiger partial charge in [-0.05, 0) is 30.6 Å². The Kier molecular flexibility index (Phi) is 7.46. The highest BCUT2D eigenvalue weighted by molar-refractivity contribution is 4.70. The molecular formula is C15H29NO. The minimum absolute atomic E-state index is 0.547. The minimum atomic E-state index is 0.547. The van der Waals surface area contributed by atoms with E-state index < -0.39 is 0 Å². The van der Waals surface area contributed by atoms with Gasteiger partial charge in [0.05, 0.1) is 6.54 Å². The summed E-state index contributed by atoms with van der Waals surface area (Å²) in [4.78, 5) is 10.4. The Hall–Kier alpha value is -0.400. The van der Waals surface area contributed by atoms with Crippen LogP contribution >= 0.6 is 0 Å². The fourth-order valence-electron chi connectivity index (χ4n) is 3.15. The normalized spacial score (nSPS) is 32.0. The molecule has 3 atom stereocenters. The number of hydrogen-bond acceptors (Lipinski definition) is 2. The zero-order valence-corrected chi connectivity index (χ0v) is 11.7. The van der Waals surface area contributed by atoms with Gasteiger partial charge in [0.1, 0.15) is 0 Å². The summed E-state index contributed by atoms with van der Waals surface area (Å²) in [5.41, 5.74) is 0. The molecule has 0 bridgehead atoms. The van der Waals surface area contributed by atoms with E-state index in [-0.39, 0.29) is 0 Å². The molecule has 0 spiro atoms. The van der Waals surface area contributed by atoms with Crippen molar-refractivity contribution in [3.05, 3.63) is 4.91 Å². The zero-order valence-electron chi connectivity index (χ0n) is 11.7. The van der Waals surface area contributed by atoms with E-state index in [2.05, 4.69) is 19.0 Å². The molecule has 0 aromatic rings. The molecule has 0 aromatic heterocycles. The van der Waals surface area contributed by atoms with Crippen LogP contribution < -0.4 is 0 Å². The molecule has 0 saturated heterocycles. The molecule has 0 radical (unpaired) electrons. The Balaban J connectivity index is 2.43. The van der Waals surface area contributed by atoms with E-state index in [1.165, 1.54) is 57.8 Å². The second kappa shape index (κ2) is 8.66. The summed E-state index contributed by atoms with van der Waals surface area (Å²) in [5.74, 6) is 2.34. The van der Waals surface area contributed by atoms with Gasteiger partial charge in [-0.25, -0.2) is 0 Å². The molecule has 2 nitrogen and oxygen atoms in total. The van der Waals surface area contributed by atoms with Crippen LogP contribution in [0.15, 0.2) is 5.18 Å². The van der Waals surface area contributed by atoms with Gasteiger partial charge in [-0.2, -0.15) is 4.91 Å². The van der Waals surface area contributed by atoms with Crippen LogP contribution in [0.25, 0.3) is 0 Å². The molecule has 0 N–H and O–H groups in total. The van der Waals surface area contributed by atoms with Crippen molar-refractivity contribution < 1.29 is 0 Å². The summed E-state index contributed by atoms with van der Waals surface area (Å²) in [5, 5.41) is 3.12.